The Morgan fingerprint density at radius 1 is 0.154 bits per heavy atom. The molecule has 0 aliphatic heterocycles. The van der Waals surface area contributed by atoms with E-state index in [1.54, 1.807) is 0 Å². The number of rotatable bonds is 0. The summed E-state index contributed by atoms with van der Waals surface area (Å²) in [5.41, 5.74) is 22.1. The fourth-order valence-electron chi connectivity index (χ4n) is 12.0. The SMILES string of the molecule is c1cc2ccc3nc2c2nc(ccc12)c1ccc([nH]1)c1ccc2c(n1)c1nc(ccc1c1nc4c5ccc6nc5c5nc(ccc5c4nc21)c1ccc([nH]1)c1ccc2ccc4ccc(nc4c2n1)c1ccc6[nH]1)c1ccc3[nH]1. The summed E-state index contributed by atoms with van der Waals surface area (Å²) in [7, 11) is 0. The number of aromatic nitrogens is 14. The molecular weight excluding hydrogens is 965 g/mol. The van der Waals surface area contributed by atoms with E-state index in [4.69, 9.17) is 49.8 Å². The lowest BCUT2D eigenvalue weighted by Crippen LogP contribution is -1.97. The number of aromatic amines is 4. The molecule has 15 aromatic heterocycles. The van der Waals surface area contributed by atoms with Gasteiger partial charge < -0.3 is 19.9 Å². The minimum absolute atomic E-state index is 0.701. The van der Waals surface area contributed by atoms with Crippen LogP contribution in [0.5, 0.6) is 0 Å². The Kier molecular flexibility index (Phi) is 7.43. The van der Waals surface area contributed by atoms with Crippen LogP contribution in [-0.4, -0.2) is 69.8 Å². The van der Waals surface area contributed by atoms with Crippen molar-refractivity contribution in [2.24, 2.45) is 0 Å². The maximum atomic E-state index is 5.64. The highest BCUT2D eigenvalue weighted by Crippen LogP contribution is 2.39. The molecule has 4 aromatic carbocycles. The van der Waals surface area contributed by atoms with E-state index in [0.29, 0.717) is 44.1 Å². The van der Waals surface area contributed by atoms with Crippen LogP contribution < -0.4 is 0 Å². The average molecular weight is 997 g/mol. The highest BCUT2D eigenvalue weighted by Gasteiger charge is 2.21. The summed E-state index contributed by atoms with van der Waals surface area (Å²) < 4.78 is 0. The summed E-state index contributed by atoms with van der Waals surface area (Å²) >= 11 is 0. The van der Waals surface area contributed by atoms with Gasteiger partial charge in [-0.15, -0.1) is 0 Å². The number of pyridine rings is 8. The maximum Gasteiger partial charge on any atom is 0.0996 e. The topological polar surface area (TPSA) is 192 Å². The Hall–Kier alpha value is -11.1. The van der Waals surface area contributed by atoms with Crippen LogP contribution in [0.3, 0.4) is 0 Å². The number of benzene rings is 4. The predicted octanol–water partition coefficient (Wildman–Crippen LogP) is 14.8. The van der Waals surface area contributed by atoms with Crippen molar-refractivity contribution < 1.29 is 0 Å². The van der Waals surface area contributed by atoms with Gasteiger partial charge in [0.2, 0.25) is 0 Å². The van der Waals surface area contributed by atoms with Gasteiger partial charge in [0, 0.05) is 43.1 Å². The van der Waals surface area contributed by atoms with Crippen molar-refractivity contribution >= 4 is 198 Å². The van der Waals surface area contributed by atoms with Crippen molar-refractivity contribution in [1.82, 2.24) is 69.8 Å². The fraction of sp³-hybridized carbons (Fsp3) is 0. The maximum absolute atomic E-state index is 5.64. The molecule has 0 saturated heterocycles. The zero-order chi connectivity index (χ0) is 50.5. The minimum atomic E-state index is 0.701. The van der Waals surface area contributed by atoms with Crippen LogP contribution in [0.25, 0.3) is 198 Å². The molecule has 4 N–H and O–H groups in total. The molecule has 78 heavy (non-hydrogen) atoms. The molecule has 0 unspecified atom stereocenters. The Morgan fingerprint density at radius 3 is 0.538 bits per heavy atom. The van der Waals surface area contributed by atoms with Crippen LogP contribution in [0.4, 0.5) is 0 Å². The summed E-state index contributed by atoms with van der Waals surface area (Å²) in [4.78, 5) is 68.5. The third-order valence-corrected chi connectivity index (χ3v) is 15.9. The van der Waals surface area contributed by atoms with Crippen LogP contribution in [0.2, 0.25) is 0 Å². The molecule has 358 valence electrons. The largest absolute Gasteiger partial charge is 0.352 e. The van der Waals surface area contributed by atoms with Crippen molar-refractivity contribution in [3.05, 3.63) is 170 Å². The van der Waals surface area contributed by atoms with Gasteiger partial charge in [0.1, 0.15) is 0 Å². The molecular formula is C64H32N14. The Bertz CT molecular complexity index is 5350. The van der Waals surface area contributed by atoms with E-state index < -0.39 is 0 Å². The molecule has 24 bridgehead atoms. The van der Waals surface area contributed by atoms with Gasteiger partial charge in [-0.05, 0) is 121 Å². The number of nitrogens with one attached hydrogen (secondary N) is 4. The molecule has 0 fully saturated rings. The van der Waals surface area contributed by atoms with Gasteiger partial charge in [-0.25, -0.2) is 49.8 Å². The van der Waals surface area contributed by atoms with E-state index >= 15 is 0 Å². The lowest BCUT2D eigenvalue weighted by Gasteiger charge is -2.13. The number of nitrogens with zero attached hydrogens (tertiary/aromatic N) is 10. The Morgan fingerprint density at radius 2 is 0.321 bits per heavy atom. The molecule has 15 heterocycles. The third-order valence-electron chi connectivity index (χ3n) is 15.9. The van der Waals surface area contributed by atoms with Crippen molar-refractivity contribution in [2.45, 2.75) is 0 Å². The summed E-state index contributed by atoms with van der Waals surface area (Å²) in [6.07, 6.45) is 0. The Balaban J connectivity index is 0.929. The molecule has 0 atom stereocenters. The first-order valence-electron chi connectivity index (χ1n) is 25.7. The lowest BCUT2D eigenvalue weighted by molar-refractivity contribution is 1.39. The normalized spacial score (nSPS) is 12.6. The summed E-state index contributed by atoms with van der Waals surface area (Å²) in [6, 6.07) is 58.1. The van der Waals surface area contributed by atoms with E-state index in [2.05, 4.69) is 141 Å². The molecule has 0 spiro atoms. The molecule has 14 nitrogen and oxygen atoms in total. The fourth-order valence-corrected chi connectivity index (χ4v) is 12.0. The lowest BCUT2D eigenvalue weighted by atomic mass is 10.0. The number of hydrogen-bond donors (Lipinski definition) is 4. The molecule has 0 aliphatic rings. The monoisotopic (exact) mass is 996 g/mol. The first kappa shape index (κ1) is 40.3. The molecule has 0 amide bonds. The molecule has 0 aliphatic carbocycles. The van der Waals surface area contributed by atoms with Gasteiger partial charge in [-0.1, -0.05) is 48.5 Å². The van der Waals surface area contributed by atoms with Crippen LogP contribution in [0, 0.1) is 0 Å². The van der Waals surface area contributed by atoms with E-state index in [9.17, 15) is 0 Å². The van der Waals surface area contributed by atoms with Crippen LogP contribution in [0.15, 0.2) is 170 Å². The minimum Gasteiger partial charge on any atom is -0.352 e. The Labute approximate surface area is 435 Å². The third kappa shape index (κ3) is 5.53. The van der Waals surface area contributed by atoms with Gasteiger partial charge in [-0.2, -0.15) is 0 Å². The molecule has 19 aromatic rings. The number of H-pyrrole nitrogens is 4. The van der Waals surface area contributed by atoms with Gasteiger partial charge in [-0.3, -0.25) is 0 Å². The zero-order valence-corrected chi connectivity index (χ0v) is 40.6. The number of hydrogen-bond acceptors (Lipinski definition) is 10. The van der Waals surface area contributed by atoms with Crippen molar-refractivity contribution in [1.29, 1.82) is 0 Å². The van der Waals surface area contributed by atoms with E-state index in [1.807, 2.05) is 48.5 Å². The van der Waals surface area contributed by atoms with E-state index in [1.165, 1.54) is 0 Å². The second kappa shape index (κ2) is 14.4. The smallest absolute Gasteiger partial charge is 0.0996 e. The standard InChI is InChI=1S/C64H32N14/c1-2-30-6-14-46-38-22-26-42(66-38)50-18-10-34-58(74-50)57-33(9-17-49(73-57)41-25-21-37(65-41)45-13-5-29(1)53(69-45)54(30)70-46)61-62(34)78-64-36-12-20-52-44-28-24-40(68-44)48-16-8-32-4-3-31-7-15-47(71-55(31)56(32)72-48)39-23-27-43(67-39)51-19-11-35(63(64)77-61)59(75-51)60(36)76-52/h1-28,65-68H. The summed E-state index contributed by atoms with van der Waals surface area (Å²) in [5.74, 6) is 0. The van der Waals surface area contributed by atoms with Crippen LogP contribution >= 0.6 is 0 Å². The van der Waals surface area contributed by atoms with E-state index in [0.717, 1.165) is 153 Å². The van der Waals surface area contributed by atoms with Gasteiger partial charge in [0.15, 0.2) is 0 Å². The van der Waals surface area contributed by atoms with Crippen molar-refractivity contribution in [2.75, 3.05) is 0 Å². The zero-order valence-electron chi connectivity index (χ0n) is 40.6. The van der Waals surface area contributed by atoms with Crippen LogP contribution in [-0.2, 0) is 0 Å². The molecule has 0 radical (unpaired) electrons. The van der Waals surface area contributed by atoms with E-state index in [-0.39, 0.29) is 0 Å². The second-order valence-electron chi connectivity index (χ2n) is 20.3. The highest BCUT2D eigenvalue weighted by molar-refractivity contribution is 6.27. The predicted molar refractivity (Wildman–Crippen MR) is 315 cm³/mol. The van der Waals surface area contributed by atoms with Gasteiger partial charge >= 0.3 is 0 Å². The average Bonchev–Trinajstić information content (AvgIpc) is 4.47. The molecule has 19 rings (SSSR count). The summed E-state index contributed by atoms with van der Waals surface area (Å²) in [5, 5.41) is 7.34. The summed E-state index contributed by atoms with van der Waals surface area (Å²) in [6.45, 7) is 0. The quantitative estimate of drug-likeness (QED) is 0.0839. The first-order valence-corrected chi connectivity index (χ1v) is 25.7. The first-order chi connectivity index (χ1) is 38.5. The number of fused-ring (bicyclic) bond motifs is 30. The molecule has 0 saturated carbocycles. The second-order valence-corrected chi connectivity index (χ2v) is 20.3. The van der Waals surface area contributed by atoms with Gasteiger partial charge in [0.05, 0.1) is 154 Å². The van der Waals surface area contributed by atoms with Crippen molar-refractivity contribution in [3.63, 3.8) is 0 Å². The van der Waals surface area contributed by atoms with Crippen LogP contribution in [0.1, 0.15) is 0 Å². The van der Waals surface area contributed by atoms with Crippen molar-refractivity contribution in [3.8, 4) is 0 Å². The van der Waals surface area contributed by atoms with Gasteiger partial charge in [0.25, 0.3) is 0 Å². The highest BCUT2D eigenvalue weighted by atomic mass is 14.9. The molecule has 14 heteroatoms.